The van der Waals surface area contributed by atoms with Gasteiger partial charge in [0.15, 0.2) is 0 Å². The van der Waals surface area contributed by atoms with Crippen molar-refractivity contribution in [2.24, 2.45) is 0 Å². The van der Waals surface area contributed by atoms with E-state index in [4.69, 9.17) is 4.74 Å². The second kappa shape index (κ2) is 7.69. The van der Waals surface area contributed by atoms with Crippen molar-refractivity contribution in [3.05, 3.63) is 96.1 Å². The number of hydrogen-bond acceptors (Lipinski definition) is 3. The van der Waals surface area contributed by atoms with Crippen LogP contribution < -0.4 is 0 Å². The van der Waals surface area contributed by atoms with E-state index in [1.54, 1.807) is 17.0 Å². The summed E-state index contributed by atoms with van der Waals surface area (Å²) in [5, 5.41) is 0. The van der Waals surface area contributed by atoms with E-state index in [1.807, 2.05) is 48.5 Å². The van der Waals surface area contributed by atoms with Crippen LogP contribution in [-0.2, 0) is 9.53 Å². The number of carbonyl (C=O) groups excluding carboxylic acids is 2. The highest BCUT2D eigenvalue weighted by molar-refractivity contribution is 5.98. The van der Waals surface area contributed by atoms with Crippen LogP contribution in [0.5, 0.6) is 0 Å². The summed E-state index contributed by atoms with van der Waals surface area (Å²) in [7, 11) is 1.36. The van der Waals surface area contributed by atoms with Crippen molar-refractivity contribution >= 4 is 11.9 Å². The summed E-state index contributed by atoms with van der Waals surface area (Å²) in [5.74, 6) is -0.527. The molecule has 0 spiro atoms. The first kappa shape index (κ1) is 18.0. The molecule has 1 saturated heterocycles. The molecule has 4 nitrogen and oxygen atoms in total. The molecule has 4 heteroatoms. The van der Waals surface area contributed by atoms with Crippen LogP contribution in [0.25, 0.3) is 11.1 Å². The first-order chi connectivity index (χ1) is 13.7. The SMILES string of the molecule is COC(=O)[C@H]1CC(c2ccc(-c3ccccc3)cc2)N1C(=O)c1ccccc1. The van der Waals surface area contributed by atoms with E-state index in [0.717, 1.165) is 16.7 Å². The van der Waals surface area contributed by atoms with Crippen LogP contribution in [-0.4, -0.2) is 29.9 Å². The third kappa shape index (κ3) is 3.29. The lowest BCUT2D eigenvalue weighted by Crippen LogP contribution is -2.57. The largest absolute Gasteiger partial charge is 0.467 e. The van der Waals surface area contributed by atoms with Crippen LogP contribution in [0, 0.1) is 0 Å². The number of esters is 1. The summed E-state index contributed by atoms with van der Waals surface area (Å²) in [6.07, 6.45) is 0.565. The van der Waals surface area contributed by atoms with Gasteiger partial charge in [-0.2, -0.15) is 0 Å². The molecule has 1 amide bonds. The number of hydrogen-bond donors (Lipinski definition) is 0. The number of carbonyl (C=O) groups is 2. The molecule has 1 aliphatic rings. The Morgan fingerprint density at radius 2 is 1.39 bits per heavy atom. The smallest absolute Gasteiger partial charge is 0.328 e. The Bertz CT molecular complexity index is 968. The van der Waals surface area contributed by atoms with E-state index in [1.165, 1.54) is 7.11 Å². The highest BCUT2D eigenvalue weighted by Gasteiger charge is 2.47. The van der Waals surface area contributed by atoms with Crippen molar-refractivity contribution in [1.29, 1.82) is 0 Å². The molecule has 1 aliphatic heterocycles. The van der Waals surface area contributed by atoms with E-state index in [2.05, 4.69) is 24.3 Å². The highest BCUT2D eigenvalue weighted by Crippen LogP contribution is 2.41. The monoisotopic (exact) mass is 371 g/mol. The normalized spacial score (nSPS) is 18.2. The van der Waals surface area contributed by atoms with Crippen LogP contribution in [0.4, 0.5) is 0 Å². The standard InChI is InChI=1S/C24H21NO3/c1-28-24(27)22-16-21(25(22)23(26)20-10-6-3-7-11-20)19-14-12-18(13-15-19)17-8-4-2-5-9-17/h2-15,21-22H,16H2,1H3/t21?,22-/m1/s1. The van der Waals surface area contributed by atoms with Gasteiger partial charge in [-0.25, -0.2) is 4.79 Å². The Hall–Kier alpha value is -3.40. The maximum Gasteiger partial charge on any atom is 0.328 e. The van der Waals surface area contributed by atoms with Gasteiger partial charge >= 0.3 is 5.97 Å². The van der Waals surface area contributed by atoms with Crippen molar-refractivity contribution in [1.82, 2.24) is 4.90 Å². The van der Waals surface area contributed by atoms with Gasteiger partial charge in [0.2, 0.25) is 0 Å². The van der Waals surface area contributed by atoms with Crippen LogP contribution in [0.15, 0.2) is 84.9 Å². The summed E-state index contributed by atoms with van der Waals surface area (Å²) in [6.45, 7) is 0. The fraction of sp³-hybridized carbons (Fsp3) is 0.167. The Kier molecular flexibility index (Phi) is 4.94. The lowest BCUT2D eigenvalue weighted by Gasteiger charge is -2.47. The maximum atomic E-state index is 13.0. The molecule has 140 valence electrons. The lowest BCUT2D eigenvalue weighted by molar-refractivity contribution is -0.153. The molecular weight excluding hydrogens is 350 g/mol. The molecule has 2 atom stereocenters. The zero-order valence-corrected chi connectivity index (χ0v) is 15.6. The molecule has 0 aromatic heterocycles. The molecule has 3 aromatic rings. The van der Waals surface area contributed by atoms with Gasteiger partial charge in [-0.15, -0.1) is 0 Å². The first-order valence-corrected chi connectivity index (χ1v) is 9.30. The minimum Gasteiger partial charge on any atom is -0.467 e. The molecule has 28 heavy (non-hydrogen) atoms. The number of nitrogens with zero attached hydrogens (tertiary/aromatic N) is 1. The summed E-state index contributed by atoms with van der Waals surface area (Å²) in [5.41, 5.74) is 3.85. The number of amides is 1. The quantitative estimate of drug-likeness (QED) is 0.635. The number of methoxy groups -OCH3 is 1. The van der Waals surface area contributed by atoms with Crippen LogP contribution in [0.3, 0.4) is 0 Å². The van der Waals surface area contributed by atoms with Crippen molar-refractivity contribution in [2.45, 2.75) is 18.5 Å². The number of benzene rings is 3. The molecule has 1 unspecified atom stereocenters. The van der Waals surface area contributed by atoms with Crippen molar-refractivity contribution in [3.63, 3.8) is 0 Å². The van der Waals surface area contributed by atoms with E-state index in [-0.39, 0.29) is 17.9 Å². The molecule has 1 fully saturated rings. The maximum absolute atomic E-state index is 13.0. The third-order valence-corrected chi connectivity index (χ3v) is 5.25. The van der Waals surface area contributed by atoms with Crippen LogP contribution in [0.2, 0.25) is 0 Å². The molecule has 4 rings (SSSR count). The average Bonchev–Trinajstić information content (AvgIpc) is 2.74. The van der Waals surface area contributed by atoms with E-state index in [0.29, 0.717) is 12.0 Å². The Morgan fingerprint density at radius 1 is 0.821 bits per heavy atom. The first-order valence-electron chi connectivity index (χ1n) is 9.30. The van der Waals surface area contributed by atoms with Gasteiger partial charge in [0.1, 0.15) is 6.04 Å². The third-order valence-electron chi connectivity index (χ3n) is 5.25. The molecule has 0 N–H and O–H groups in total. The fourth-order valence-corrected chi connectivity index (χ4v) is 3.70. The fourth-order valence-electron chi connectivity index (χ4n) is 3.70. The zero-order chi connectivity index (χ0) is 19.5. The minimum absolute atomic E-state index is 0.137. The Balaban J connectivity index is 1.61. The summed E-state index contributed by atoms with van der Waals surface area (Å²) < 4.78 is 4.90. The molecule has 0 aliphatic carbocycles. The van der Waals surface area contributed by atoms with Gasteiger partial charge in [-0.05, 0) is 28.8 Å². The molecule has 3 aromatic carbocycles. The predicted molar refractivity (Wildman–Crippen MR) is 108 cm³/mol. The molecular formula is C24H21NO3. The van der Waals surface area contributed by atoms with E-state index < -0.39 is 6.04 Å². The summed E-state index contributed by atoms with van der Waals surface area (Å²) >= 11 is 0. The van der Waals surface area contributed by atoms with Gasteiger partial charge in [-0.3, -0.25) is 4.79 Å². The van der Waals surface area contributed by atoms with Crippen molar-refractivity contribution in [2.75, 3.05) is 7.11 Å². The van der Waals surface area contributed by atoms with Gasteiger partial charge in [0.05, 0.1) is 13.2 Å². The van der Waals surface area contributed by atoms with Crippen LogP contribution in [0.1, 0.15) is 28.4 Å². The lowest BCUT2D eigenvalue weighted by atomic mass is 9.85. The van der Waals surface area contributed by atoms with Gasteiger partial charge in [0, 0.05) is 12.0 Å². The molecule has 1 heterocycles. The highest BCUT2D eigenvalue weighted by atomic mass is 16.5. The topological polar surface area (TPSA) is 46.6 Å². The second-order valence-electron chi connectivity index (χ2n) is 6.86. The molecule has 0 radical (unpaired) electrons. The van der Waals surface area contributed by atoms with Crippen LogP contribution >= 0.6 is 0 Å². The number of ether oxygens (including phenoxy) is 1. The van der Waals surface area contributed by atoms with Gasteiger partial charge in [-0.1, -0.05) is 72.8 Å². The number of rotatable bonds is 4. The van der Waals surface area contributed by atoms with Crippen molar-refractivity contribution in [3.8, 4) is 11.1 Å². The van der Waals surface area contributed by atoms with Gasteiger partial charge in [0.25, 0.3) is 5.91 Å². The van der Waals surface area contributed by atoms with E-state index >= 15 is 0 Å². The Morgan fingerprint density at radius 3 is 2.00 bits per heavy atom. The van der Waals surface area contributed by atoms with E-state index in [9.17, 15) is 9.59 Å². The average molecular weight is 371 g/mol. The second-order valence-corrected chi connectivity index (χ2v) is 6.86. The van der Waals surface area contributed by atoms with Gasteiger partial charge < -0.3 is 9.64 Å². The molecule has 0 saturated carbocycles. The Labute approximate surface area is 164 Å². The minimum atomic E-state index is -0.545. The zero-order valence-electron chi connectivity index (χ0n) is 15.6. The summed E-state index contributed by atoms with van der Waals surface area (Å²) in [6, 6.07) is 26.7. The van der Waals surface area contributed by atoms with Crippen molar-refractivity contribution < 1.29 is 14.3 Å². The predicted octanol–water partition coefficient (Wildman–Crippen LogP) is 4.48. The molecule has 0 bridgehead atoms. The number of likely N-dealkylation sites (tertiary alicyclic amines) is 1. The summed E-state index contributed by atoms with van der Waals surface area (Å²) in [4.78, 5) is 26.8.